The van der Waals surface area contributed by atoms with Crippen molar-refractivity contribution < 1.29 is 14.6 Å². The molecule has 1 aromatic heterocycles. The van der Waals surface area contributed by atoms with Crippen molar-refractivity contribution in [2.75, 3.05) is 6.61 Å². The molecule has 2 aliphatic heterocycles. The Balaban J connectivity index is 1.76. The van der Waals surface area contributed by atoms with Gasteiger partial charge in [0, 0.05) is 6.61 Å². The summed E-state index contributed by atoms with van der Waals surface area (Å²) in [6.45, 7) is 6.70. The van der Waals surface area contributed by atoms with Crippen LogP contribution < -0.4 is 5.56 Å². The molecule has 8 heteroatoms. The average Bonchev–Trinajstić information content (AvgIpc) is 2.97. The van der Waals surface area contributed by atoms with Crippen molar-refractivity contribution >= 4 is 28.6 Å². The predicted octanol–water partition coefficient (Wildman–Crippen LogP) is 3.89. The summed E-state index contributed by atoms with van der Waals surface area (Å²) in [5, 5.41) is 12.8. The van der Waals surface area contributed by atoms with Crippen LogP contribution in [0.5, 0.6) is 0 Å². The average molecular weight is 401 g/mol. The third-order valence-electron chi connectivity index (χ3n) is 5.25. The number of aromatic carboxylic acids is 1. The van der Waals surface area contributed by atoms with Gasteiger partial charge in [0.15, 0.2) is 5.82 Å². The second-order valence-electron chi connectivity index (χ2n) is 7.86. The molecule has 0 radical (unpaired) electrons. The lowest BCUT2D eigenvalue weighted by Gasteiger charge is -2.36. The summed E-state index contributed by atoms with van der Waals surface area (Å²) in [7, 11) is 0. The largest absolute Gasteiger partial charge is 0.478 e. The van der Waals surface area contributed by atoms with E-state index >= 15 is 0 Å². The Labute approximate surface area is 166 Å². The number of carbonyl (C=O) groups is 1. The van der Waals surface area contributed by atoms with Crippen molar-refractivity contribution in [3.8, 4) is 0 Å². The number of aromatic amines is 1. The van der Waals surface area contributed by atoms with E-state index < -0.39 is 5.97 Å². The van der Waals surface area contributed by atoms with Crippen LogP contribution in [0.25, 0.3) is 0 Å². The lowest BCUT2D eigenvalue weighted by Crippen LogP contribution is -2.35. The van der Waals surface area contributed by atoms with Crippen LogP contribution in [0.4, 0.5) is 5.82 Å². The second kappa shape index (κ2) is 6.93. The molecule has 148 valence electrons. The molecular formula is C20H23N3O4S. The van der Waals surface area contributed by atoms with E-state index in [0.29, 0.717) is 18.0 Å². The summed E-state index contributed by atoms with van der Waals surface area (Å²) in [4.78, 5) is 28.7. The molecule has 2 atom stereocenters. The summed E-state index contributed by atoms with van der Waals surface area (Å²) in [6.07, 6.45) is 1.62. The van der Waals surface area contributed by atoms with Gasteiger partial charge in [-0.2, -0.15) is 0 Å². The minimum atomic E-state index is -0.965. The van der Waals surface area contributed by atoms with E-state index in [2.05, 4.69) is 23.9 Å². The van der Waals surface area contributed by atoms with Gasteiger partial charge in [-0.1, -0.05) is 23.9 Å². The molecule has 0 unspecified atom stereocenters. The number of nitrogens with one attached hydrogen (secondary N) is 1. The Morgan fingerprint density at radius 1 is 1.36 bits per heavy atom. The first-order valence-corrected chi connectivity index (χ1v) is 10.2. The van der Waals surface area contributed by atoms with E-state index in [4.69, 9.17) is 9.84 Å². The molecule has 0 amide bonds. The van der Waals surface area contributed by atoms with Gasteiger partial charge in [-0.3, -0.25) is 14.6 Å². The first-order valence-electron chi connectivity index (χ1n) is 9.29. The van der Waals surface area contributed by atoms with E-state index in [0.717, 1.165) is 23.4 Å². The number of fused-ring (bicyclic) bond motifs is 1. The lowest BCUT2D eigenvalue weighted by atomic mass is 9.94. The Morgan fingerprint density at radius 3 is 2.71 bits per heavy atom. The van der Waals surface area contributed by atoms with Crippen LogP contribution in [0, 0.1) is 0 Å². The number of hydrogen-bond acceptors (Lipinski definition) is 5. The van der Waals surface area contributed by atoms with E-state index in [1.807, 2.05) is 11.6 Å². The highest BCUT2D eigenvalue weighted by Crippen LogP contribution is 2.45. The molecule has 3 heterocycles. The lowest BCUT2D eigenvalue weighted by molar-refractivity contribution is -0.0705. The fourth-order valence-electron chi connectivity index (χ4n) is 3.93. The zero-order valence-corrected chi connectivity index (χ0v) is 16.9. The van der Waals surface area contributed by atoms with Gasteiger partial charge in [0.25, 0.3) is 5.56 Å². The number of hydrogen-bond donors (Lipinski definition) is 2. The van der Waals surface area contributed by atoms with Crippen molar-refractivity contribution in [1.29, 1.82) is 0 Å². The van der Waals surface area contributed by atoms with Crippen molar-refractivity contribution in [2.45, 2.75) is 50.5 Å². The molecule has 0 bridgehead atoms. The Bertz CT molecular complexity index is 1000. The highest BCUT2D eigenvalue weighted by molar-refractivity contribution is 8.14. The van der Waals surface area contributed by atoms with Gasteiger partial charge >= 0.3 is 5.97 Å². The number of ether oxygens (including phenoxy) is 1. The van der Waals surface area contributed by atoms with Crippen LogP contribution in [0.15, 0.2) is 34.1 Å². The summed E-state index contributed by atoms with van der Waals surface area (Å²) in [5.41, 5.74) is 1.36. The molecule has 1 fully saturated rings. The minimum absolute atomic E-state index is 0.120. The molecule has 2 N–H and O–H groups in total. The number of carboxylic acid groups (broad SMARTS) is 1. The minimum Gasteiger partial charge on any atom is -0.478 e. The fraction of sp³-hybridized carbons (Fsp3) is 0.450. The first kappa shape index (κ1) is 19.0. The van der Waals surface area contributed by atoms with Crippen molar-refractivity contribution in [2.24, 2.45) is 4.99 Å². The van der Waals surface area contributed by atoms with E-state index in [1.165, 1.54) is 11.8 Å². The van der Waals surface area contributed by atoms with E-state index in [1.54, 1.807) is 24.3 Å². The first-order chi connectivity index (χ1) is 13.2. The Kier molecular flexibility index (Phi) is 4.71. The molecule has 1 saturated heterocycles. The van der Waals surface area contributed by atoms with Gasteiger partial charge in [0.1, 0.15) is 0 Å². The van der Waals surface area contributed by atoms with Gasteiger partial charge in [-0.15, -0.1) is 0 Å². The summed E-state index contributed by atoms with van der Waals surface area (Å²) in [6, 6.07) is 6.82. The van der Waals surface area contributed by atoms with Gasteiger partial charge in [0.2, 0.25) is 0 Å². The highest BCUT2D eigenvalue weighted by Gasteiger charge is 2.35. The Hall–Kier alpha value is -2.32. The number of nitrogens with zero attached hydrogens (tertiary/aromatic N) is 2. The van der Waals surface area contributed by atoms with Gasteiger partial charge in [0.05, 0.1) is 33.1 Å². The van der Waals surface area contributed by atoms with Crippen molar-refractivity contribution in [3.63, 3.8) is 0 Å². The predicted molar refractivity (Wildman–Crippen MR) is 109 cm³/mol. The fourth-order valence-corrected chi connectivity index (χ4v) is 5.03. The molecule has 1 aromatic carbocycles. The second-order valence-corrected chi connectivity index (χ2v) is 9.16. The number of carboxylic acids is 1. The number of aromatic nitrogens is 2. The smallest absolute Gasteiger partial charge is 0.335 e. The number of thioether (sulfide) groups is 1. The molecule has 2 aliphatic rings. The summed E-state index contributed by atoms with van der Waals surface area (Å²) >= 11 is 1.51. The van der Waals surface area contributed by atoms with Crippen LogP contribution in [0.1, 0.15) is 66.4 Å². The maximum atomic E-state index is 12.9. The molecule has 0 aliphatic carbocycles. The molecule has 28 heavy (non-hydrogen) atoms. The highest BCUT2D eigenvalue weighted by atomic mass is 32.2. The van der Waals surface area contributed by atoms with Crippen molar-refractivity contribution in [3.05, 3.63) is 51.3 Å². The molecule has 4 rings (SSSR count). The molecular weight excluding hydrogens is 378 g/mol. The number of aliphatic imine (C=N–C) groups is 1. The quantitative estimate of drug-likeness (QED) is 0.813. The van der Waals surface area contributed by atoms with Crippen LogP contribution in [0.2, 0.25) is 0 Å². The van der Waals surface area contributed by atoms with Gasteiger partial charge < -0.3 is 9.84 Å². The van der Waals surface area contributed by atoms with E-state index in [9.17, 15) is 9.59 Å². The maximum absolute atomic E-state index is 12.9. The third kappa shape index (κ3) is 3.42. The normalized spacial score (nSPS) is 23.8. The summed E-state index contributed by atoms with van der Waals surface area (Å²) < 4.78 is 7.72. The number of H-pyrrole nitrogens is 1. The van der Waals surface area contributed by atoms with Crippen LogP contribution in [0.3, 0.4) is 0 Å². The van der Waals surface area contributed by atoms with Crippen LogP contribution in [-0.2, 0) is 4.74 Å². The van der Waals surface area contributed by atoms with Gasteiger partial charge in [-0.05, 0) is 51.3 Å². The van der Waals surface area contributed by atoms with E-state index in [-0.39, 0.29) is 28.0 Å². The van der Waals surface area contributed by atoms with Crippen LogP contribution >= 0.6 is 11.8 Å². The maximum Gasteiger partial charge on any atom is 0.335 e. The van der Waals surface area contributed by atoms with Gasteiger partial charge in [-0.25, -0.2) is 9.79 Å². The van der Waals surface area contributed by atoms with Crippen LogP contribution in [-0.4, -0.2) is 38.1 Å². The molecule has 2 aromatic rings. The Morgan fingerprint density at radius 2 is 2.07 bits per heavy atom. The zero-order chi connectivity index (χ0) is 20.1. The summed E-state index contributed by atoms with van der Waals surface area (Å²) in [5.74, 6) is -0.288. The zero-order valence-electron chi connectivity index (χ0n) is 16.1. The standard InChI is InChI=1S/C20H23N3O4S/c1-11-21-17-15(16(28-11)12-4-6-13(7-5-12)19(25)26)18(24)22-23(17)14-8-9-27-20(2,3)10-14/h4-7,14,16H,8-10H2,1-3H3,(H,22,24)(H,25,26)/t14-,16+/m0/s1. The monoisotopic (exact) mass is 401 g/mol. The SMILES string of the molecule is CC1=Nc2c(c(=O)[nH]n2[C@H]2CCOC(C)(C)C2)[C@@H](c2ccc(C(=O)O)cc2)S1. The topological polar surface area (TPSA) is 96.7 Å². The van der Waals surface area contributed by atoms with Crippen molar-refractivity contribution in [1.82, 2.24) is 9.78 Å². The molecule has 0 saturated carbocycles. The third-order valence-corrected chi connectivity index (χ3v) is 6.42. The molecule has 0 spiro atoms. The molecule has 7 nitrogen and oxygen atoms in total. The number of benzene rings is 1. The number of rotatable bonds is 3.